The highest BCUT2D eigenvalue weighted by molar-refractivity contribution is 7.99. The lowest BCUT2D eigenvalue weighted by Crippen LogP contribution is -2.14. The number of hydrogen-bond acceptors (Lipinski definition) is 5. The summed E-state index contributed by atoms with van der Waals surface area (Å²) in [4.78, 5) is 17.0. The molecule has 0 fully saturated rings. The van der Waals surface area contributed by atoms with Gasteiger partial charge in [-0.15, -0.1) is 11.8 Å². The molecule has 1 unspecified atom stereocenters. The maximum absolute atomic E-state index is 12.8. The lowest BCUT2D eigenvalue weighted by atomic mass is 10.1. The van der Waals surface area contributed by atoms with Crippen molar-refractivity contribution in [3.05, 3.63) is 71.8 Å². The van der Waals surface area contributed by atoms with Crippen molar-refractivity contribution in [1.29, 1.82) is 0 Å². The number of carbonyl (C=O) groups is 1. The molecule has 1 aliphatic rings. The van der Waals surface area contributed by atoms with Gasteiger partial charge in [0.25, 0.3) is 5.91 Å². The van der Waals surface area contributed by atoms with Crippen molar-refractivity contribution in [2.45, 2.75) is 11.1 Å². The predicted molar refractivity (Wildman–Crippen MR) is 106 cm³/mol. The first-order valence-electron chi connectivity index (χ1n) is 8.46. The summed E-state index contributed by atoms with van der Waals surface area (Å²) in [6.45, 7) is 0. The molecule has 2 aromatic heterocycles. The standard InChI is InChI=1S/C20H19N3O3S/c1-25-14-5-6-18(26-2)15(10-14)19(24)22-16-7-9-23-17(16)12-27-20(23)13-4-3-8-21-11-13/h3-11,20H,12H2,1-2H3,(H,22,24). The molecule has 4 rings (SSSR count). The molecule has 0 saturated carbocycles. The number of pyridine rings is 1. The summed E-state index contributed by atoms with van der Waals surface area (Å²) in [5.41, 5.74) is 3.48. The molecule has 3 heterocycles. The minimum absolute atomic E-state index is 0.172. The van der Waals surface area contributed by atoms with E-state index in [9.17, 15) is 4.79 Å². The molecule has 0 aliphatic carbocycles. The van der Waals surface area contributed by atoms with Gasteiger partial charge in [0, 0.05) is 29.9 Å². The Hall–Kier alpha value is -2.93. The Bertz CT molecular complexity index is 972. The molecule has 0 bridgehead atoms. The summed E-state index contributed by atoms with van der Waals surface area (Å²) in [5.74, 6) is 1.70. The second-order valence-electron chi connectivity index (χ2n) is 6.05. The van der Waals surface area contributed by atoms with E-state index in [1.807, 2.05) is 36.3 Å². The minimum Gasteiger partial charge on any atom is -0.497 e. The number of aromatic nitrogens is 2. The number of hydrogen-bond donors (Lipinski definition) is 1. The molecule has 138 valence electrons. The van der Waals surface area contributed by atoms with Crippen LogP contribution in [0.1, 0.15) is 27.0 Å². The third-order valence-corrected chi connectivity index (χ3v) is 5.78. The van der Waals surface area contributed by atoms with Gasteiger partial charge in [0.2, 0.25) is 0 Å². The first-order chi connectivity index (χ1) is 13.2. The zero-order chi connectivity index (χ0) is 18.8. The van der Waals surface area contributed by atoms with E-state index in [1.54, 1.807) is 38.6 Å². The molecular formula is C20H19N3O3S. The van der Waals surface area contributed by atoms with Crippen molar-refractivity contribution < 1.29 is 14.3 Å². The molecule has 1 amide bonds. The highest BCUT2D eigenvalue weighted by Gasteiger charge is 2.27. The van der Waals surface area contributed by atoms with Crippen molar-refractivity contribution in [3.8, 4) is 11.5 Å². The first kappa shape index (κ1) is 17.5. The Morgan fingerprint density at radius 2 is 2.15 bits per heavy atom. The van der Waals surface area contributed by atoms with Gasteiger partial charge in [0.15, 0.2) is 0 Å². The van der Waals surface area contributed by atoms with Crippen LogP contribution in [0.5, 0.6) is 11.5 Å². The number of anilines is 1. The van der Waals surface area contributed by atoms with Crippen LogP contribution >= 0.6 is 11.8 Å². The molecule has 1 atom stereocenters. The van der Waals surface area contributed by atoms with Crippen LogP contribution in [0.25, 0.3) is 0 Å². The van der Waals surface area contributed by atoms with Gasteiger partial charge < -0.3 is 19.4 Å². The van der Waals surface area contributed by atoms with Crippen molar-refractivity contribution in [2.24, 2.45) is 0 Å². The molecule has 6 nitrogen and oxygen atoms in total. The molecular weight excluding hydrogens is 362 g/mol. The first-order valence-corrected chi connectivity index (χ1v) is 9.50. The lowest BCUT2D eigenvalue weighted by molar-refractivity contribution is 0.102. The summed E-state index contributed by atoms with van der Waals surface area (Å²) in [5, 5.41) is 3.18. The Labute approximate surface area is 161 Å². The number of rotatable bonds is 5. The van der Waals surface area contributed by atoms with E-state index in [-0.39, 0.29) is 11.3 Å². The molecule has 0 spiro atoms. The van der Waals surface area contributed by atoms with E-state index in [0.29, 0.717) is 17.1 Å². The van der Waals surface area contributed by atoms with Crippen LogP contribution in [-0.4, -0.2) is 29.7 Å². The number of benzene rings is 1. The van der Waals surface area contributed by atoms with Gasteiger partial charge in [0.1, 0.15) is 16.9 Å². The maximum atomic E-state index is 12.8. The van der Waals surface area contributed by atoms with Crippen LogP contribution < -0.4 is 14.8 Å². The summed E-state index contributed by atoms with van der Waals surface area (Å²) in [6, 6.07) is 11.1. The van der Waals surface area contributed by atoms with Gasteiger partial charge in [-0.3, -0.25) is 9.78 Å². The Kier molecular flexibility index (Phi) is 4.77. The van der Waals surface area contributed by atoms with Crippen LogP contribution in [0.3, 0.4) is 0 Å². The molecule has 27 heavy (non-hydrogen) atoms. The van der Waals surface area contributed by atoms with Crippen molar-refractivity contribution >= 4 is 23.4 Å². The minimum atomic E-state index is -0.227. The fourth-order valence-corrected chi connectivity index (χ4v) is 4.47. The molecule has 0 radical (unpaired) electrons. The van der Waals surface area contributed by atoms with Gasteiger partial charge >= 0.3 is 0 Å². The van der Waals surface area contributed by atoms with Gasteiger partial charge in [-0.1, -0.05) is 6.07 Å². The molecule has 1 N–H and O–H groups in total. The van der Waals surface area contributed by atoms with Gasteiger partial charge in [-0.2, -0.15) is 0 Å². The highest BCUT2D eigenvalue weighted by atomic mass is 32.2. The number of fused-ring (bicyclic) bond motifs is 1. The third kappa shape index (κ3) is 3.26. The number of nitrogens with zero attached hydrogens (tertiary/aromatic N) is 2. The number of ether oxygens (including phenoxy) is 2. The average Bonchev–Trinajstić information content (AvgIpc) is 3.31. The molecule has 1 aromatic carbocycles. The number of methoxy groups -OCH3 is 2. The Morgan fingerprint density at radius 1 is 1.26 bits per heavy atom. The zero-order valence-electron chi connectivity index (χ0n) is 15.0. The number of thioether (sulfide) groups is 1. The number of carbonyl (C=O) groups excluding carboxylic acids is 1. The topological polar surface area (TPSA) is 65.4 Å². The monoisotopic (exact) mass is 381 g/mol. The smallest absolute Gasteiger partial charge is 0.259 e. The second-order valence-corrected chi connectivity index (χ2v) is 7.12. The largest absolute Gasteiger partial charge is 0.497 e. The van der Waals surface area contributed by atoms with Crippen molar-refractivity contribution in [3.63, 3.8) is 0 Å². The Morgan fingerprint density at radius 3 is 2.89 bits per heavy atom. The van der Waals surface area contributed by atoms with Crippen molar-refractivity contribution in [2.75, 3.05) is 19.5 Å². The molecule has 3 aromatic rings. The van der Waals surface area contributed by atoms with Gasteiger partial charge in [0.05, 0.1) is 31.2 Å². The number of amides is 1. The van der Waals surface area contributed by atoms with Crippen LogP contribution in [0.4, 0.5) is 5.69 Å². The van der Waals surface area contributed by atoms with E-state index in [1.165, 1.54) is 0 Å². The van der Waals surface area contributed by atoms with Crippen molar-refractivity contribution in [1.82, 2.24) is 9.55 Å². The SMILES string of the molecule is COc1ccc(OC)c(C(=O)Nc2ccn3c2CSC3c2cccnc2)c1. The van der Waals surface area contributed by atoms with E-state index in [2.05, 4.69) is 20.9 Å². The number of nitrogens with one attached hydrogen (secondary N) is 1. The summed E-state index contributed by atoms with van der Waals surface area (Å²) >= 11 is 1.81. The van der Waals surface area contributed by atoms with E-state index >= 15 is 0 Å². The average molecular weight is 381 g/mol. The predicted octanol–water partition coefficient (Wildman–Crippen LogP) is 3.95. The van der Waals surface area contributed by atoms with E-state index in [0.717, 1.165) is 22.7 Å². The summed E-state index contributed by atoms with van der Waals surface area (Å²) < 4.78 is 12.7. The normalized spacial score (nSPS) is 15.3. The van der Waals surface area contributed by atoms with Crippen LogP contribution in [0, 0.1) is 0 Å². The Balaban J connectivity index is 1.60. The highest BCUT2D eigenvalue weighted by Crippen LogP contribution is 2.43. The molecule has 7 heteroatoms. The summed E-state index contributed by atoms with van der Waals surface area (Å²) in [7, 11) is 3.11. The lowest BCUT2D eigenvalue weighted by Gasteiger charge is -2.12. The fourth-order valence-electron chi connectivity index (χ4n) is 3.16. The molecule has 1 aliphatic heterocycles. The second kappa shape index (κ2) is 7.36. The fraction of sp³-hybridized carbons (Fsp3) is 0.200. The molecule has 0 saturated heterocycles. The van der Waals surface area contributed by atoms with E-state index in [4.69, 9.17) is 9.47 Å². The maximum Gasteiger partial charge on any atom is 0.259 e. The van der Waals surface area contributed by atoms with Crippen LogP contribution in [0.2, 0.25) is 0 Å². The zero-order valence-corrected chi connectivity index (χ0v) is 15.8. The quantitative estimate of drug-likeness (QED) is 0.725. The summed E-state index contributed by atoms with van der Waals surface area (Å²) in [6.07, 6.45) is 5.66. The van der Waals surface area contributed by atoms with Crippen LogP contribution in [0.15, 0.2) is 55.0 Å². The van der Waals surface area contributed by atoms with Gasteiger partial charge in [-0.25, -0.2) is 0 Å². The third-order valence-electron chi connectivity index (χ3n) is 4.52. The van der Waals surface area contributed by atoms with Gasteiger partial charge in [-0.05, 0) is 30.3 Å². The van der Waals surface area contributed by atoms with Crippen LogP contribution in [-0.2, 0) is 5.75 Å². The van der Waals surface area contributed by atoms with E-state index < -0.39 is 0 Å².